The molecule has 1 heterocycles. The number of aromatic nitrogens is 2. The Morgan fingerprint density at radius 3 is 2.70 bits per heavy atom. The zero-order valence-electron chi connectivity index (χ0n) is 13.8. The lowest BCUT2D eigenvalue weighted by Crippen LogP contribution is -2.15. The van der Waals surface area contributed by atoms with Crippen molar-refractivity contribution >= 4 is 11.6 Å². The van der Waals surface area contributed by atoms with Crippen LogP contribution in [0.2, 0.25) is 0 Å². The SMILES string of the molecule is CCOc1ccc(OCC)c(NC(=O)CCn2cc(C)cn2)c1. The fraction of sp³-hybridized carbons (Fsp3) is 0.412. The fourth-order valence-corrected chi connectivity index (χ4v) is 2.16. The molecule has 0 aliphatic carbocycles. The van der Waals surface area contributed by atoms with E-state index in [4.69, 9.17) is 9.47 Å². The molecule has 0 unspecified atom stereocenters. The summed E-state index contributed by atoms with van der Waals surface area (Å²) in [5, 5.41) is 7.06. The summed E-state index contributed by atoms with van der Waals surface area (Å²) in [5.74, 6) is 1.25. The predicted molar refractivity (Wildman–Crippen MR) is 89.0 cm³/mol. The summed E-state index contributed by atoms with van der Waals surface area (Å²) in [5.41, 5.74) is 1.70. The Hall–Kier alpha value is -2.50. The van der Waals surface area contributed by atoms with Gasteiger partial charge in [0.05, 0.1) is 25.1 Å². The number of amides is 1. The van der Waals surface area contributed by atoms with Gasteiger partial charge in [0, 0.05) is 25.2 Å². The Balaban J connectivity index is 2.01. The van der Waals surface area contributed by atoms with E-state index in [2.05, 4.69) is 10.4 Å². The zero-order valence-corrected chi connectivity index (χ0v) is 13.8. The maximum atomic E-state index is 12.2. The van der Waals surface area contributed by atoms with Crippen LogP contribution in [0, 0.1) is 6.92 Å². The Labute approximate surface area is 136 Å². The van der Waals surface area contributed by atoms with Crippen molar-refractivity contribution in [3.05, 3.63) is 36.2 Å². The summed E-state index contributed by atoms with van der Waals surface area (Å²) in [6, 6.07) is 5.42. The smallest absolute Gasteiger partial charge is 0.226 e. The lowest BCUT2D eigenvalue weighted by molar-refractivity contribution is -0.116. The highest BCUT2D eigenvalue weighted by Crippen LogP contribution is 2.29. The van der Waals surface area contributed by atoms with E-state index < -0.39 is 0 Å². The highest BCUT2D eigenvalue weighted by atomic mass is 16.5. The first-order valence-corrected chi connectivity index (χ1v) is 7.81. The van der Waals surface area contributed by atoms with Gasteiger partial charge in [-0.3, -0.25) is 9.48 Å². The molecule has 1 aromatic carbocycles. The molecule has 0 aliphatic heterocycles. The minimum Gasteiger partial charge on any atom is -0.494 e. The molecule has 0 saturated carbocycles. The third-order valence-electron chi connectivity index (χ3n) is 3.17. The van der Waals surface area contributed by atoms with E-state index in [0.717, 1.165) is 5.56 Å². The molecule has 0 saturated heterocycles. The van der Waals surface area contributed by atoms with Gasteiger partial charge in [0.25, 0.3) is 0 Å². The number of rotatable bonds is 8. The number of carbonyl (C=O) groups excluding carboxylic acids is 1. The molecule has 23 heavy (non-hydrogen) atoms. The molecule has 1 amide bonds. The van der Waals surface area contributed by atoms with Gasteiger partial charge in [-0.05, 0) is 38.5 Å². The summed E-state index contributed by atoms with van der Waals surface area (Å²) >= 11 is 0. The van der Waals surface area contributed by atoms with Gasteiger partial charge >= 0.3 is 0 Å². The van der Waals surface area contributed by atoms with Gasteiger partial charge in [0.15, 0.2) is 0 Å². The van der Waals surface area contributed by atoms with Gasteiger partial charge in [0.2, 0.25) is 5.91 Å². The van der Waals surface area contributed by atoms with Crippen LogP contribution in [0.25, 0.3) is 0 Å². The maximum Gasteiger partial charge on any atom is 0.226 e. The summed E-state index contributed by atoms with van der Waals surface area (Å²) in [6.07, 6.45) is 4.02. The lowest BCUT2D eigenvalue weighted by atomic mass is 10.2. The molecule has 0 radical (unpaired) electrons. The second-order valence-electron chi connectivity index (χ2n) is 5.10. The van der Waals surface area contributed by atoms with Gasteiger partial charge in [-0.2, -0.15) is 5.10 Å². The first kappa shape index (κ1) is 16.9. The Bertz CT molecular complexity index is 652. The number of carbonyl (C=O) groups is 1. The Kier molecular flexibility index (Phi) is 6.02. The normalized spacial score (nSPS) is 10.4. The minimum absolute atomic E-state index is 0.0900. The van der Waals surface area contributed by atoms with E-state index in [-0.39, 0.29) is 5.91 Å². The third kappa shape index (κ3) is 5.02. The van der Waals surface area contributed by atoms with Gasteiger partial charge in [-0.25, -0.2) is 0 Å². The molecule has 0 bridgehead atoms. The highest BCUT2D eigenvalue weighted by Gasteiger charge is 2.10. The van der Waals surface area contributed by atoms with E-state index in [1.165, 1.54) is 0 Å². The fourth-order valence-electron chi connectivity index (χ4n) is 2.16. The van der Waals surface area contributed by atoms with Crippen LogP contribution in [0.1, 0.15) is 25.8 Å². The van der Waals surface area contributed by atoms with Crippen LogP contribution in [-0.2, 0) is 11.3 Å². The molecular weight excluding hydrogens is 294 g/mol. The van der Waals surface area contributed by atoms with Crippen molar-refractivity contribution in [3.8, 4) is 11.5 Å². The van der Waals surface area contributed by atoms with Gasteiger partial charge in [0.1, 0.15) is 11.5 Å². The second kappa shape index (κ2) is 8.22. The van der Waals surface area contributed by atoms with Crippen LogP contribution in [0.3, 0.4) is 0 Å². The van der Waals surface area contributed by atoms with Crippen LogP contribution in [0.15, 0.2) is 30.6 Å². The van der Waals surface area contributed by atoms with E-state index in [9.17, 15) is 4.79 Å². The summed E-state index contributed by atoms with van der Waals surface area (Å²) in [6.45, 7) is 7.43. The molecule has 0 aliphatic rings. The van der Waals surface area contributed by atoms with Crippen molar-refractivity contribution in [2.24, 2.45) is 0 Å². The number of anilines is 1. The van der Waals surface area contributed by atoms with Crippen LogP contribution >= 0.6 is 0 Å². The van der Waals surface area contributed by atoms with Crippen LogP contribution < -0.4 is 14.8 Å². The molecule has 124 valence electrons. The number of nitrogens with one attached hydrogen (secondary N) is 1. The van der Waals surface area contributed by atoms with Gasteiger partial charge in [-0.15, -0.1) is 0 Å². The van der Waals surface area contributed by atoms with Crippen molar-refractivity contribution in [1.29, 1.82) is 0 Å². The zero-order chi connectivity index (χ0) is 16.7. The van der Waals surface area contributed by atoms with Crippen molar-refractivity contribution in [2.75, 3.05) is 18.5 Å². The number of aryl methyl sites for hydroxylation is 2. The topological polar surface area (TPSA) is 65.4 Å². The standard InChI is InChI=1S/C17H23N3O3/c1-4-22-14-6-7-16(23-5-2)15(10-14)19-17(21)8-9-20-12-13(3)11-18-20/h6-7,10-12H,4-5,8-9H2,1-3H3,(H,19,21). The average Bonchev–Trinajstić information content (AvgIpc) is 2.94. The van der Waals surface area contributed by atoms with Gasteiger partial charge < -0.3 is 14.8 Å². The molecule has 1 N–H and O–H groups in total. The number of hydrogen-bond donors (Lipinski definition) is 1. The monoisotopic (exact) mass is 317 g/mol. The van der Waals surface area contributed by atoms with Crippen molar-refractivity contribution in [3.63, 3.8) is 0 Å². The molecule has 0 atom stereocenters. The molecule has 2 rings (SSSR count). The molecular formula is C17H23N3O3. The number of nitrogens with zero attached hydrogens (tertiary/aromatic N) is 2. The molecule has 2 aromatic rings. The van der Waals surface area contributed by atoms with E-state index >= 15 is 0 Å². The number of hydrogen-bond acceptors (Lipinski definition) is 4. The van der Waals surface area contributed by atoms with E-state index in [0.29, 0.717) is 43.4 Å². The lowest BCUT2D eigenvalue weighted by Gasteiger charge is -2.13. The first-order chi connectivity index (χ1) is 11.1. The van der Waals surface area contributed by atoms with Crippen molar-refractivity contribution in [2.45, 2.75) is 33.7 Å². The van der Waals surface area contributed by atoms with Crippen LogP contribution in [-0.4, -0.2) is 28.9 Å². The molecule has 1 aromatic heterocycles. The minimum atomic E-state index is -0.0900. The molecule has 0 spiro atoms. The maximum absolute atomic E-state index is 12.2. The summed E-state index contributed by atoms with van der Waals surface area (Å²) in [4.78, 5) is 12.2. The highest BCUT2D eigenvalue weighted by molar-refractivity contribution is 5.92. The predicted octanol–water partition coefficient (Wildman–Crippen LogP) is 3.02. The van der Waals surface area contributed by atoms with Crippen molar-refractivity contribution < 1.29 is 14.3 Å². The summed E-state index contributed by atoms with van der Waals surface area (Å²) in [7, 11) is 0. The third-order valence-corrected chi connectivity index (χ3v) is 3.17. The quantitative estimate of drug-likeness (QED) is 0.813. The number of ether oxygens (including phenoxy) is 2. The first-order valence-electron chi connectivity index (χ1n) is 7.81. The summed E-state index contributed by atoms with van der Waals surface area (Å²) < 4.78 is 12.8. The largest absolute Gasteiger partial charge is 0.494 e. The van der Waals surface area contributed by atoms with Gasteiger partial charge in [-0.1, -0.05) is 0 Å². The molecule has 0 fully saturated rings. The Morgan fingerprint density at radius 1 is 1.26 bits per heavy atom. The molecule has 6 nitrogen and oxygen atoms in total. The molecule has 6 heteroatoms. The van der Waals surface area contributed by atoms with Crippen molar-refractivity contribution in [1.82, 2.24) is 9.78 Å². The second-order valence-corrected chi connectivity index (χ2v) is 5.10. The Morgan fingerprint density at radius 2 is 2.04 bits per heavy atom. The van der Waals surface area contributed by atoms with E-state index in [1.54, 1.807) is 23.0 Å². The number of benzene rings is 1. The van der Waals surface area contributed by atoms with Crippen LogP contribution in [0.5, 0.6) is 11.5 Å². The van der Waals surface area contributed by atoms with E-state index in [1.807, 2.05) is 33.0 Å². The average molecular weight is 317 g/mol. The van der Waals surface area contributed by atoms with Crippen LogP contribution in [0.4, 0.5) is 5.69 Å².